The molecule has 1 aliphatic heterocycles. The molecule has 4 nitrogen and oxygen atoms in total. The van der Waals surface area contributed by atoms with Gasteiger partial charge in [-0.2, -0.15) is 0 Å². The molecule has 1 fully saturated rings. The van der Waals surface area contributed by atoms with E-state index < -0.39 is 0 Å². The summed E-state index contributed by atoms with van der Waals surface area (Å²) >= 11 is 0. The summed E-state index contributed by atoms with van der Waals surface area (Å²) in [4.78, 5) is 16.8. The highest BCUT2D eigenvalue weighted by Crippen LogP contribution is 2.23. The van der Waals surface area contributed by atoms with Gasteiger partial charge in [0.2, 0.25) is 5.91 Å². The Bertz CT molecular complexity index is 534. The number of hydrogen-bond acceptors (Lipinski definition) is 3. The van der Waals surface area contributed by atoms with Crippen molar-refractivity contribution >= 4 is 11.6 Å². The number of aryl methyl sites for hydroxylation is 1. The molecule has 0 bridgehead atoms. The third-order valence-electron chi connectivity index (χ3n) is 4.99. The molecule has 0 atom stereocenters. The predicted octanol–water partition coefficient (Wildman–Crippen LogP) is 2.98. The Morgan fingerprint density at radius 2 is 1.88 bits per heavy atom. The van der Waals surface area contributed by atoms with Crippen molar-refractivity contribution in [2.24, 2.45) is 5.92 Å². The zero-order valence-corrected chi connectivity index (χ0v) is 15.8. The highest BCUT2D eigenvalue weighted by molar-refractivity contribution is 5.76. The molecule has 1 saturated heterocycles. The molecule has 1 amide bonds. The highest BCUT2D eigenvalue weighted by atomic mass is 16.1. The Morgan fingerprint density at radius 3 is 2.54 bits per heavy atom. The summed E-state index contributed by atoms with van der Waals surface area (Å²) in [6, 6.07) is 6.54. The van der Waals surface area contributed by atoms with E-state index in [0.717, 1.165) is 45.7 Å². The van der Waals surface area contributed by atoms with Crippen molar-refractivity contribution in [1.82, 2.24) is 10.2 Å². The normalized spacial score (nSPS) is 15.8. The molecule has 0 spiro atoms. The topological polar surface area (TPSA) is 35.6 Å². The Balaban J connectivity index is 1.71. The van der Waals surface area contributed by atoms with E-state index in [2.05, 4.69) is 61.0 Å². The Kier molecular flexibility index (Phi) is 7.10. The molecule has 2 rings (SSSR count). The second-order valence-electron chi connectivity index (χ2n) is 7.33. The fourth-order valence-electron chi connectivity index (χ4n) is 3.14. The van der Waals surface area contributed by atoms with Gasteiger partial charge >= 0.3 is 0 Å². The number of amides is 1. The van der Waals surface area contributed by atoms with Crippen molar-refractivity contribution in [3.63, 3.8) is 0 Å². The molecule has 0 aliphatic carbocycles. The van der Waals surface area contributed by atoms with E-state index in [0.29, 0.717) is 12.3 Å². The van der Waals surface area contributed by atoms with Gasteiger partial charge in [0.15, 0.2) is 0 Å². The van der Waals surface area contributed by atoms with Crippen LogP contribution in [0.15, 0.2) is 18.2 Å². The van der Waals surface area contributed by atoms with E-state index in [1.54, 1.807) is 0 Å². The van der Waals surface area contributed by atoms with Gasteiger partial charge < -0.3 is 10.2 Å². The standard InChI is InChI=1S/C20H33N3O/c1-16(2)8-10-21-20(24)9-11-22-12-14-23(15-13-22)19-7-5-6-17(3)18(19)4/h5-7,16H,8-15H2,1-4H3,(H,21,24). The number of anilines is 1. The summed E-state index contributed by atoms with van der Waals surface area (Å²) in [6.45, 7) is 14.6. The molecule has 4 heteroatoms. The van der Waals surface area contributed by atoms with Crippen LogP contribution in [0.1, 0.15) is 37.8 Å². The van der Waals surface area contributed by atoms with E-state index in [9.17, 15) is 4.79 Å². The van der Waals surface area contributed by atoms with Gasteiger partial charge in [-0.15, -0.1) is 0 Å². The van der Waals surface area contributed by atoms with Crippen molar-refractivity contribution in [2.45, 2.75) is 40.5 Å². The van der Waals surface area contributed by atoms with Gasteiger partial charge in [-0.25, -0.2) is 0 Å². The van der Waals surface area contributed by atoms with E-state index in [4.69, 9.17) is 0 Å². The molecule has 24 heavy (non-hydrogen) atoms. The van der Waals surface area contributed by atoms with Gasteiger partial charge in [-0.3, -0.25) is 9.69 Å². The van der Waals surface area contributed by atoms with Crippen LogP contribution >= 0.6 is 0 Å². The van der Waals surface area contributed by atoms with Gasteiger partial charge in [-0.05, 0) is 43.4 Å². The van der Waals surface area contributed by atoms with Crippen LogP contribution < -0.4 is 10.2 Å². The van der Waals surface area contributed by atoms with E-state index in [1.807, 2.05) is 0 Å². The SMILES string of the molecule is Cc1cccc(N2CCN(CCC(=O)NCCC(C)C)CC2)c1C. The summed E-state index contributed by atoms with van der Waals surface area (Å²) < 4.78 is 0. The first-order valence-electron chi connectivity index (χ1n) is 9.27. The van der Waals surface area contributed by atoms with Gasteiger partial charge in [0.1, 0.15) is 0 Å². The van der Waals surface area contributed by atoms with Crippen LogP contribution in [0.5, 0.6) is 0 Å². The number of carbonyl (C=O) groups is 1. The van der Waals surface area contributed by atoms with Crippen LogP contribution in [0.2, 0.25) is 0 Å². The number of nitrogens with one attached hydrogen (secondary N) is 1. The minimum Gasteiger partial charge on any atom is -0.369 e. The highest BCUT2D eigenvalue weighted by Gasteiger charge is 2.19. The van der Waals surface area contributed by atoms with E-state index in [1.165, 1.54) is 16.8 Å². The lowest BCUT2D eigenvalue weighted by atomic mass is 10.1. The van der Waals surface area contributed by atoms with Crippen molar-refractivity contribution in [3.8, 4) is 0 Å². The quantitative estimate of drug-likeness (QED) is 0.834. The maximum Gasteiger partial charge on any atom is 0.221 e. The Morgan fingerprint density at radius 1 is 1.17 bits per heavy atom. The molecule has 134 valence electrons. The summed E-state index contributed by atoms with van der Waals surface area (Å²) in [5.41, 5.74) is 4.10. The van der Waals surface area contributed by atoms with Crippen molar-refractivity contribution in [1.29, 1.82) is 0 Å². The minimum atomic E-state index is 0.188. The van der Waals surface area contributed by atoms with Gasteiger partial charge in [0.05, 0.1) is 0 Å². The maximum absolute atomic E-state index is 11.9. The largest absolute Gasteiger partial charge is 0.369 e. The van der Waals surface area contributed by atoms with Crippen molar-refractivity contribution in [2.75, 3.05) is 44.2 Å². The minimum absolute atomic E-state index is 0.188. The number of piperazine rings is 1. The van der Waals surface area contributed by atoms with Crippen molar-refractivity contribution < 1.29 is 4.79 Å². The summed E-state index contributed by atoms with van der Waals surface area (Å²) in [6.07, 6.45) is 1.67. The number of benzene rings is 1. The first-order chi connectivity index (χ1) is 11.5. The van der Waals surface area contributed by atoms with Gasteiger partial charge in [0.25, 0.3) is 0 Å². The summed E-state index contributed by atoms with van der Waals surface area (Å²) in [5.74, 6) is 0.830. The third kappa shape index (κ3) is 5.52. The van der Waals surface area contributed by atoms with Crippen LogP contribution in [0.25, 0.3) is 0 Å². The molecule has 0 aromatic heterocycles. The molecule has 0 radical (unpaired) electrons. The molecule has 1 N–H and O–H groups in total. The van der Waals surface area contributed by atoms with E-state index in [-0.39, 0.29) is 5.91 Å². The van der Waals surface area contributed by atoms with Crippen molar-refractivity contribution in [3.05, 3.63) is 29.3 Å². The average molecular weight is 332 g/mol. The summed E-state index contributed by atoms with van der Waals surface area (Å²) in [7, 11) is 0. The van der Waals surface area contributed by atoms with Crippen LogP contribution in [-0.4, -0.2) is 50.1 Å². The molecule has 0 saturated carbocycles. The van der Waals surface area contributed by atoms with Crippen LogP contribution in [-0.2, 0) is 4.79 Å². The molecule has 0 unspecified atom stereocenters. The lowest BCUT2D eigenvalue weighted by Gasteiger charge is -2.37. The third-order valence-corrected chi connectivity index (χ3v) is 4.99. The maximum atomic E-state index is 11.9. The monoisotopic (exact) mass is 331 g/mol. The lowest BCUT2D eigenvalue weighted by molar-refractivity contribution is -0.121. The number of hydrogen-bond donors (Lipinski definition) is 1. The lowest BCUT2D eigenvalue weighted by Crippen LogP contribution is -2.47. The number of rotatable bonds is 7. The summed E-state index contributed by atoms with van der Waals surface area (Å²) in [5, 5.41) is 3.03. The number of carbonyl (C=O) groups excluding carboxylic acids is 1. The molecule has 1 aliphatic rings. The zero-order chi connectivity index (χ0) is 17.5. The fourth-order valence-corrected chi connectivity index (χ4v) is 3.14. The Labute approximate surface area is 147 Å². The first-order valence-corrected chi connectivity index (χ1v) is 9.27. The second-order valence-corrected chi connectivity index (χ2v) is 7.33. The average Bonchev–Trinajstić information content (AvgIpc) is 2.56. The molecule has 1 aromatic rings. The van der Waals surface area contributed by atoms with Gasteiger partial charge in [-0.1, -0.05) is 26.0 Å². The smallest absolute Gasteiger partial charge is 0.221 e. The number of nitrogens with zero attached hydrogens (tertiary/aromatic N) is 2. The van der Waals surface area contributed by atoms with Crippen LogP contribution in [0.4, 0.5) is 5.69 Å². The van der Waals surface area contributed by atoms with Gasteiger partial charge in [0, 0.05) is 51.4 Å². The van der Waals surface area contributed by atoms with E-state index >= 15 is 0 Å². The molecular formula is C20H33N3O. The molecule has 1 aromatic carbocycles. The van der Waals surface area contributed by atoms with Crippen LogP contribution in [0, 0.1) is 19.8 Å². The first kappa shape index (κ1) is 18.8. The van der Waals surface area contributed by atoms with Crippen LogP contribution in [0.3, 0.4) is 0 Å². The molecular weight excluding hydrogens is 298 g/mol. The fraction of sp³-hybridized carbons (Fsp3) is 0.650. The predicted molar refractivity (Wildman–Crippen MR) is 102 cm³/mol. The molecule has 1 heterocycles. The second kappa shape index (κ2) is 9.07. The Hall–Kier alpha value is -1.55. The zero-order valence-electron chi connectivity index (χ0n) is 15.8.